The maximum atomic E-state index is 10.6. The zero-order valence-electron chi connectivity index (χ0n) is 10.3. The van der Waals surface area contributed by atoms with Gasteiger partial charge in [0.15, 0.2) is 0 Å². The van der Waals surface area contributed by atoms with Gasteiger partial charge in [-0.15, -0.1) is 21.5 Å². The fourth-order valence-corrected chi connectivity index (χ4v) is 2.29. The summed E-state index contributed by atoms with van der Waals surface area (Å²) in [5.41, 5.74) is -0.0742. The monoisotopic (exact) mass is 291 g/mol. The first-order chi connectivity index (χ1) is 9.65. The summed E-state index contributed by atoms with van der Waals surface area (Å²) in [7, 11) is 0. The Morgan fingerprint density at radius 3 is 3.00 bits per heavy atom. The molecule has 0 aromatic carbocycles. The van der Waals surface area contributed by atoms with Crippen LogP contribution < -0.4 is 0 Å². The van der Waals surface area contributed by atoms with E-state index in [1.807, 2.05) is 17.5 Å². The molecule has 1 unspecified atom stereocenters. The van der Waals surface area contributed by atoms with Crippen molar-refractivity contribution >= 4 is 17.0 Å². The third-order valence-corrected chi connectivity index (χ3v) is 3.58. The molecule has 3 heterocycles. The van der Waals surface area contributed by atoms with E-state index in [4.69, 9.17) is 4.42 Å². The highest BCUT2D eigenvalue weighted by atomic mass is 32.1. The minimum absolute atomic E-state index is 0.0742. The van der Waals surface area contributed by atoms with E-state index in [9.17, 15) is 10.1 Å². The molecular weight excluding hydrogens is 282 g/mol. The predicted molar refractivity (Wildman–Crippen MR) is 70.3 cm³/mol. The van der Waals surface area contributed by atoms with Crippen molar-refractivity contribution in [3.05, 3.63) is 45.9 Å². The van der Waals surface area contributed by atoms with Gasteiger partial charge in [0, 0.05) is 0 Å². The average molecular weight is 291 g/mol. The van der Waals surface area contributed by atoms with Crippen molar-refractivity contribution in [1.29, 1.82) is 0 Å². The Bertz CT molecular complexity index is 733. The molecule has 3 aromatic heterocycles. The highest BCUT2D eigenvalue weighted by Crippen LogP contribution is 2.26. The Kier molecular flexibility index (Phi) is 3.03. The number of hydrogen-bond donors (Lipinski definition) is 0. The summed E-state index contributed by atoms with van der Waals surface area (Å²) in [5.74, 6) is 0.787. The van der Waals surface area contributed by atoms with Gasteiger partial charge in [-0.1, -0.05) is 6.07 Å². The normalized spacial score (nSPS) is 12.4. The fourth-order valence-electron chi connectivity index (χ4n) is 1.65. The first-order valence-corrected chi connectivity index (χ1v) is 6.59. The lowest BCUT2D eigenvalue weighted by atomic mass is 10.3. The number of aromatic nitrogens is 4. The van der Waals surface area contributed by atoms with Crippen molar-refractivity contribution in [1.82, 2.24) is 20.0 Å². The van der Waals surface area contributed by atoms with E-state index >= 15 is 0 Å². The lowest BCUT2D eigenvalue weighted by Gasteiger charge is -2.05. The van der Waals surface area contributed by atoms with Gasteiger partial charge in [0.25, 0.3) is 5.89 Å². The van der Waals surface area contributed by atoms with Crippen LogP contribution in [0.4, 0.5) is 5.69 Å². The molecule has 0 spiro atoms. The molecule has 0 bridgehead atoms. The van der Waals surface area contributed by atoms with Crippen LogP contribution in [0, 0.1) is 10.1 Å². The molecule has 8 nitrogen and oxygen atoms in total. The molecule has 1 atom stereocenters. The maximum Gasteiger partial charge on any atom is 0.307 e. The van der Waals surface area contributed by atoms with Crippen LogP contribution in [-0.4, -0.2) is 24.9 Å². The standard InChI is InChI=1S/C11H9N5O3S/c1-7(15-6-8(5-12-15)16(17)18)10-13-14-11(19-10)9-3-2-4-20-9/h2-7H,1H3. The summed E-state index contributed by atoms with van der Waals surface area (Å²) in [4.78, 5) is 11.0. The van der Waals surface area contributed by atoms with Gasteiger partial charge < -0.3 is 4.42 Å². The topological polar surface area (TPSA) is 99.9 Å². The number of nitro groups is 1. The van der Waals surface area contributed by atoms with E-state index in [0.717, 1.165) is 4.88 Å². The number of hydrogen-bond acceptors (Lipinski definition) is 7. The highest BCUT2D eigenvalue weighted by molar-refractivity contribution is 7.13. The average Bonchev–Trinajstić information content (AvgIpc) is 3.17. The Labute approximate surface area is 116 Å². The molecule has 0 aliphatic rings. The SMILES string of the molecule is CC(c1nnc(-c2cccs2)o1)n1cc([N+](=O)[O-])cn1. The molecule has 0 aliphatic carbocycles. The molecule has 0 saturated heterocycles. The van der Waals surface area contributed by atoms with Gasteiger partial charge in [0.2, 0.25) is 5.89 Å². The van der Waals surface area contributed by atoms with Crippen molar-refractivity contribution in [3.8, 4) is 10.8 Å². The number of rotatable bonds is 4. The zero-order chi connectivity index (χ0) is 14.1. The molecule has 3 rings (SSSR count). The first-order valence-electron chi connectivity index (χ1n) is 5.71. The smallest absolute Gasteiger partial charge is 0.307 e. The maximum absolute atomic E-state index is 10.6. The minimum Gasteiger partial charge on any atom is -0.418 e. The molecule has 0 N–H and O–H groups in total. The first kappa shape index (κ1) is 12.5. The van der Waals surface area contributed by atoms with Gasteiger partial charge in [-0.25, -0.2) is 0 Å². The van der Waals surface area contributed by atoms with Crippen LogP contribution in [0.2, 0.25) is 0 Å². The van der Waals surface area contributed by atoms with Crippen molar-refractivity contribution in [2.45, 2.75) is 13.0 Å². The third kappa shape index (κ3) is 2.18. The molecule has 0 aliphatic heterocycles. The molecule has 3 aromatic rings. The Hall–Kier alpha value is -2.55. The van der Waals surface area contributed by atoms with Crippen LogP contribution in [0.3, 0.4) is 0 Å². The molecule has 0 saturated carbocycles. The van der Waals surface area contributed by atoms with Crippen LogP contribution in [0.5, 0.6) is 0 Å². The Balaban J connectivity index is 1.86. The second-order valence-electron chi connectivity index (χ2n) is 4.03. The molecule has 0 fully saturated rings. The number of nitrogens with zero attached hydrogens (tertiary/aromatic N) is 5. The van der Waals surface area contributed by atoms with Gasteiger partial charge in [-0.05, 0) is 18.4 Å². The van der Waals surface area contributed by atoms with Crippen LogP contribution in [0.1, 0.15) is 18.9 Å². The van der Waals surface area contributed by atoms with Gasteiger partial charge in [0.1, 0.15) is 18.4 Å². The second kappa shape index (κ2) is 4.85. The van der Waals surface area contributed by atoms with Crippen molar-refractivity contribution in [2.75, 3.05) is 0 Å². The van der Waals surface area contributed by atoms with Gasteiger partial charge >= 0.3 is 5.69 Å². The van der Waals surface area contributed by atoms with E-state index in [1.165, 1.54) is 28.4 Å². The summed E-state index contributed by atoms with van der Waals surface area (Å²) in [5, 5.41) is 24.4. The minimum atomic E-state index is -0.499. The van der Waals surface area contributed by atoms with Crippen molar-refractivity contribution < 1.29 is 9.34 Å². The van der Waals surface area contributed by atoms with Crippen LogP contribution >= 0.6 is 11.3 Å². The molecule has 20 heavy (non-hydrogen) atoms. The third-order valence-electron chi connectivity index (χ3n) is 2.73. The van der Waals surface area contributed by atoms with Gasteiger partial charge in [-0.2, -0.15) is 5.10 Å². The predicted octanol–water partition coefficient (Wildman–Crippen LogP) is 2.51. The van der Waals surface area contributed by atoms with E-state index in [2.05, 4.69) is 15.3 Å². The second-order valence-corrected chi connectivity index (χ2v) is 4.98. The highest BCUT2D eigenvalue weighted by Gasteiger charge is 2.20. The summed E-state index contributed by atoms with van der Waals surface area (Å²) in [6, 6.07) is 3.40. The van der Waals surface area contributed by atoms with E-state index < -0.39 is 4.92 Å². The molecule has 102 valence electrons. The molecular formula is C11H9N5O3S. The van der Waals surface area contributed by atoms with Crippen LogP contribution in [0.25, 0.3) is 10.8 Å². The lowest BCUT2D eigenvalue weighted by molar-refractivity contribution is -0.385. The fraction of sp³-hybridized carbons (Fsp3) is 0.182. The van der Waals surface area contributed by atoms with Gasteiger partial charge in [0.05, 0.1) is 9.80 Å². The molecule has 9 heteroatoms. The van der Waals surface area contributed by atoms with E-state index in [0.29, 0.717) is 11.8 Å². The van der Waals surface area contributed by atoms with E-state index in [-0.39, 0.29) is 11.7 Å². The lowest BCUT2D eigenvalue weighted by Crippen LogP contribution is -2.07. The quantitative estimate of drug-likeness (QED) is 0.541. The molecule has 0 radical (unpaired) electrons. The summed E-state index contributed by atoms with van der Waals surface area (Å²) < 4.78 is 6.99. The van der Waals surface area contributed by atoms with E-state index in [1.54, 1.807) is 6.92 Å². The Morgan fingerprint density at radius 2 is 2.35 bits per heavy atom. The van der Waals surface area contributed by atoms with Gasteiger partial charge in [-0.3, -0.25) is 14.8 Å². The summed E-state index contributed by atoms with van der Waals surface area (Å²) >= 11 is 1.50. The number of thiophene rings is 1. The van der Waals surface area contributed by atoms with Crippen molar-refractivity contribution in [2.24, 2.45) is 0 Å². The van der Waals surface area contributed by atoms with Crippen molar-refractivity contribution in [3.63, 3.8) is 0 Å². The van der Waals surface area contributed by atoms with Crippen LogP contribution in [-0.2, 0) is 0 Å². The largest absolute Gasteiger partial charge is 0.418 e. The van der Waals surface area contributed by atoms with Crippen LogP contribution in [0.15, 0.2) is 34.3 Å². The summed E-state index contributed by atoms with van der Waals surface area (Å²) in [6.07, 6.45) is 2.52. The summed E-state index contributed by atoms with van der Waals surface area (Å²) in [6.45, 7) is 1.78. The Morgan fingerprint density at radius 1 is 1.50 bits per heavy atom. The molecule has 0 amide bonds. The zero-order valence-corrected chi connectivity index (χ0v) is 11.1.